The number of hydrogen-bond acceptors (Lipinski definition) is 4. The Morgan fingerprint density at radius 2 is 1.92 bits per heavy atom. The van der Waals surface area contributed by atoms with Crippen LogP contribution in [0.5, 0.6) is 0 Å². The van der Waals surface area contributed by atoms with E-state index in [-0.39, 0.29) is 10.8 Å². The Bertz CT molecular complexity index is 804. The summed E-state index contributed by atoms with van der Waals surface area (Å²) in [6, 6.07) is 14.0. The van der Waals surface area contributed by atoms with E-state index in [1.165, 1.54) is 12.1 Å². The summed E-state index contributed by atoms with van der Waals surface area (Å²) in [5.41, 5.74) is 1.86. The van der Waals surface area contributed by atoms with Crippen LogP contribution in [0, 0.1) is 17.0 Å². The van der Waals surface area contributed by atoms with Crippen molar-refractivity contribution < 1.29 is 9.72 Å². The van der Waals surface area contributed by atoms with E-state index in [0.29, 0.717) is 11.3 Å². The monoisotopic (exact) mass is 341 g/mol. The summed E-state index contributed by atoms with van der Waals surface area (Å²) in [6.45, 7) is 1.65. The minimum absolute atomic E-state index is 0.0156. The summed E-state index contributed by atoms with van der Waals surface area (Å²) in [4.78, 5) is 22.3. The van der Waals surface area contributed by atoms with Gasteiger partial charge < -0.3 is 5.32 Å². The number of carbonyl (C=O) groups is 1. The normalized spacial score (nSPS) is 10.4. The second-order valence-electron chi connectivity index (χ2n) is 4.95. The molecular weight excluding hydrogens is 326 g/mol. The molecule has 2 N–H and O–H groups in total. The highest BCUT2D eigenvalue weighted by Gasteiger charge is 2.11. The highest BCUT2D eigenvalue weighted by molar-refractivity contribution is 7.80. The van der Waals surface area contributed by atoms with Crippen molar-refractivity contribution in [2.24, 2.45) is 0 Å². The van der Waals surface area contributed by atoms with Gasteiger partial charge in [0.25, 0.3) is 5.69 Å². The van der Waals surface area contributed by atoms with Gasteiger partial charge in [-0.25, -0.2) is 0 Å². The molecule has 0 fully saturated rings. The predicted octanol–water partition coefficient (Wildman–Crippen LogP) is 3.43. The van der Waals surface area contributed by atoms with Gasteiger partial charge in [-0.3, -0.25) is 20.2 Å². The zero-order valence-electron chi connectivity index (χ0n) is 12.9. The quantitative estimate of drug-likeness (QED) is 0.385. The zero-order chi connectivity index (χ0) is 17.5. The van der Waals surface area contributed by atoms with Crippen LogP contribution in [0.25, 0.3) is 6.08 Å². The molecule has 0 aliphatic rings. The van der Waals surface area contributed by atoms with Crippen LogP contribution in [0.1, 0.15) is 11.1 Å². The molecule has 0 saturated carbocycles. The number of nitro groups is 1. The second-order valence-corrected chi connectivity index (χ2v) is 5.35. The number of rotatable bonds is 4. The summed E-state index contributed by atoms with van der Waals surface area (Å²) in [5.74, 6) is -0.391. The van der Waals surface area contributed by atoms with E-state index < -0.39 is 10.8 Å². The number of amides is 1. The van der Waals surface area contributed by atoms with Crippen molar-refractivity contribution in [3.8, 4) is 0 Å². The molecule has 0 aliphatic carbocycles. The Labute approximate surface area is 144 Å². The number of hydrogen-bond donors (Lipinski definition) is 2. The van der Waals surface area contributed by atoms with Crippen molar-refractivity contribution in [1.82, 2.24) is 5.32 Å². The summed E-state index contributed by atoms with van der Waals surface area (Å²) in [7, 11) is 0. The largest absolute Gasteiger partial charge is 0.332 e. The van der Waals surface area contributed by atoms with Crippen LogP contribution in [0.15, 0.2) is 54.6 Å². The summed E-state index contributed by atoms with van der Waals surface area (Å²) < 4.78 is 0. The van der Waals surface area contributed by atoms with E-state index in [9.17, 15) is 14.9 Å². The first-order chi connectivity index (χ1) is 11.5. The molecule has 24 heavy (non-hydrogen) atoms. The van der Waals surface area contributed by atoms with E-state index in [1.807, 2.05) is 30.3 Å². The standard InChI is InChI=1S/C17H15N3O3S/c1-12-7-9-14(11-15(12)20(22)23)18-17(24)19-16(21)10-8-13-5-3-2-4-6-13/h2-11H,1H3,(H2,18,19,21,24)/b10-8+. The Balaban J connectivity index is 1.96. The van der Waals surface area contributed by atoms with Crippen molar-refractivity contribution in [2.75, 3.05) is 5.32 Å². The lowest BCUT2D eigenvalue weighted by Gasteiger charge is -2.08. The molecule has 1 amide bonds. The van der Waals surface area contributed by atoms with Crippen molar-refractivity contribution >= 4 is 40.7 Å². The summed E-state index contributed by atoms with van der Waals surface area (Å²) in [6.07, 6.45) is 3.02. The van der Waals surface area contributed by atoms with Crippen molar-refractivity contribution in [1.29, 1.82) is 0 Å². The molecule has 7 heteroatoms. The number of benzene rings is 2. The number of aryl methyl sites for hydroxylation is 1. The van der Waals surface area contributed by atoms with Crippen molar-refractivity contribution in [2.45, 2.75) is 6.92 Å². The molecule has 0 heterocycles. The lowest BCUT2D eigenvalue weighted by Crippen LogP contribution is -2.32. The molecule has 0 aliphatic heterocycles. The zero-order valence-corrected chi connectivity index (χ0v) is 13.7. The van der Waals surface area contributed by atoms with Gasteiger partial charge in [-0.05, 0) is 36.8 Å². The molecule has 0 bridgehead atoms. The number of nitrogens with one attached hydrogen (secondary N) is 2. The molecule has 122 valence electrons. The highest BCUT2D eigenvalue weighted by atomic mass is 32.1. The van der Waals surface area contributed by atoms with Gasteiger partial charge in [0.15, 0.2) is 5.11 Å². The van der Waals surface area contributed by atoms with Crippen LogP contribution in [0.3, 0.4) is 0 Å². The van der Waals surface area contributed by atoms with Gasteiger partial charge in [-0.2, -0.15) is 0 Å². The van der Waals surface area contributed by atoms with E-state index >= 15 is 0 Å². The van der Waals surface area contributed by atoms with Gasteiger partial charge in [0.2, 0.25) is 5.91 Å². The first-order valence-electron chi connectivity index (χ1n) is 7.06. The third kappa shape index (κ3) is 4.99. The molecule has 0 saturated heterocycles. The molecule has 2 aromatic carbocycles. The number of nitrogens with zero attached hydrogens (tertiary/aromatic N) is 1. The fourth-order valence-corrected chi connectivity index (χ4v) is 2.15. The maximum absolute atomic E-state index is 11.8. The molecule has 6 nitrogen and oxygen atoms in total. The first-order valence-corrected chi connectivity index (χ1v) is 7.46. The minimum atomic E-state index is -0.468. The third-order valence-corrected chi connectivity index (χ3v) is 3.33. The number of thiocarbonyl (C=S) groups is 1. The molecule has 0 unspecified atom stereocenters. The Kier molecular flexibility index (Phi) is 5.75. The van der Waals surface area contributed by atoms with Crippen LogP contribution < -0.4 is 10.6 Å². The molecule has 0 aromatic heterocycles. The average Bonchev–Trinajstić information content (AvgIpc) is 2.55. The van der Waals surface area contributed by atoms with Crippen LogP contribution in [-0.2, 0) is 4.79 Å². The number of carbonyl (C=O) groups excluding carboxylic acids is 1. The van der Waals surface area contributed by atoms with Gasteiger partial charge in [0.1, 0.15) is 0 Å². The maximum atomic E-state index is 11.8. The second kappa shape index (κ2) is 7.98. The lowest BCUT2D eigenvalue weighted by atomic mass is 10.2. The predicted molar refractivity (Wildman–Crippen MR) is 97.7 cm³/mol. The van der Waals surface area contributed by atoms with Crippen molar-refractivity contribution in [3.63, 3.8) is 0 Å². The molecule has 2 rings (SSSR count). The van der Waals surface area contributed by atoms with Gasteiger partial charge in [0.05, 0.1) is 4.92 Å². The number of nitro benzene ring substituents is 1. The molecule has 2 aromatic rings. The van der Waals surface area contributed by atoms with Crippen LogP contribution in [0.2, 0.25) is 0 Å². The minimum Gasteiger partial charge on any atom is -0.332 e. The Morgan fingerprint density at radius 1 is 1.21 bits per heavy atom. The lowest BCUT2D eigenvalue weighted by molar-refractivity contribution is -0.385. The Hall–Kier alpha value is -3.06. The third-order valence-electron chi connectivity index (χ3n) is 3.13. The SMILES string of the molecule is Cc1ccc(NC(=S)NC(=O)/C=C/c2ccccc2)cc1[N+](=O)[O-]. The average molecular weight is 341 g/mol. The van der Waals surface area contributed by atoms with Crippen LogP contribution >= 0.6 is 12.2 Å². The van der Waals surface area contributed by atoms with E-state index in [4.69, 9.17) is 12.2 Å². The maximum Gasteiger partial charge on any atom is 0.274 e. The van der Waals surface area contributed by atoms with E-state index in [1.54, 1.807) is 25.1 Å². The van der Waals surface area contributed by atoms with Gasteiger partial charge in [0, 0.05) is 23.4 Å². The fourth-order valence-electron chi connectivity index (χ4n) is 1.94. The Morgan fingerprint density at radius 3 is 2.58 bits per heavy atom. The van der Waals surface area contributed by atoms with Crippen LogP contribution in [0.4, 0.5) is 11.4 Å². The topological polar surface area (TPSA) is 84.3 Å². The van der Waals surface area contributed by atoms with Gasteiger partial charge in [-0.1, -0.05) is 36.4 Å². The van der Waals surface area contributed by atoms with Crippen LogP contribution in [-0.4, -0.2) is 15.9 Å². The van der Waals surface area contributed by atoms with Gasteiger partial charge in [-0.15, -0.1) is 0 Å². The highest BCUT2D eigenvalue weighted by Crippen LogP contribution is 2.22. The molecule has 0 spiro atoms. The summed E-state index contributed by atoms with van der Waals surface area (Å²) >= 11 is 5.04. The fraction of sp³-hybridized carbons (Fsp3) is 0.0588. The van der Waals surface area contributed by atoms with Crippen molar-refractivity contribution in [3.05, 3.63) is 75.8 Å². The molecule has 0 atom stereocenters. The number of anilines is 1. The molecule has 0 radical (unpaired) electrons. The van der Waals surface area contributed by atoms with Gasteiger partial charge >= 0.3 is 0 Å². The van der Waals surface area contributed by atoms with E-state index in [0.717, 1.165) is 5.56 Å². The first kappa shape index (κ1) is 17.3. The molecular formula is C17H15N3O3S. The summed E-state index contributed by atoms with van der Waals surface area (Å²) in [5, 5.41) is 16.2. The van der Waals surface area contributed by atoms with E-state index in [2.05, 4.69) is 10.6 Å². The smallest absolute Gasteiger partial charge is 0.274 e.